The minimum atomic E-state index is -4.36. The van der Waals surface area contributed by atoms with Gasteiger partial charge in [0, 0.05) is 66.0 Å². The fraction of sp³-hybridized carbons (Fsp3) is 0.614. The Hall–Kier alpha value is -5.75. The van der Waals surface area contributed by atoms with Crippen molar-refractivity contribution in [3.63, 3.8) is 0 Å². The second-order valence-electron chi connectivity index (χ2n) is 22.5. The molecule has 0 saturated carbocycles. The van der Waals surface area contributed by atoms with Gasteiger partial charge >= 0.3 is 6.03 Å². The van der Waals surface area contributed by atoms with Crippen LogP contribution in [0.2, 0.25) is 0 Å². The molecule has 0 radical (unpaired) electrons. The highest BCUT2D eigenvalue weighted by Gasteiger charge is 2.46. The monoisotopic (exact) mass is 1120 g/mol. The van der Waals surface area contributed by atoms with Crippen LogP contribution in [-0.4, -0.2) is 146 Å². The average molecular weight is 1130 g/mol. The van der Waals surface area contributed by atoms with E-state index in [1.54, 1.807) is 6.92 Å². The highest BCUT2D eigenvalue weighted by Crippen LogP contribution is 2.41. The van der Waals surface area contributed by atoms with Crippen LogP contribution in [-0.2, 0) is 53.6 Å². The normalized spacial score (nSPS) is 16.5. The Morgan fingerprint density at radius 1 is 0.772 bits per heavy atom. The molecule has 8 atom stereocenters. The van der Waals surface area contributed by atoms with Gasteiger partial charge in [-0.3, -0.25) is 28.9 Å². The molecule has 2 aromatic carbocycles. The Kier molecular flexibility index (Phi) is 27.3. The fourth-order valence-corrected chi connectivity index (χ4v) is 11.0. The van der Waals surface area contributed by atoms with E-state index in [0.717, 1.165) is 22.6 Å². The van der Waals surface area contributed by atoms with E-state index in [0.29, 0.717) is 25.1 Å². The van der Waals surface area contributed by atoms with Crippen molar-refractivity contribution in [1.29, 1.82) is 0 Å². The Labute approximate surface area is 469 Å². The number of urea groups is 1. The summed E-state index contributed by atoms with van der Waals surface area (Å²) in [6.45, 7) is 23.0. The fourth-order valence-electron chi connectivity index (χ4n) is 10.0. The van der Waals surface area contributed by atoms with Crippen LogP contribution in [0.15, 0.2) is 83.3 Å². The third-order valence-electron chi connectivity index (χ3n) is 14.3. The molecule has 2 aromatic rings. The number of ether oxygens (including phenoxy) is 3. The zero-order valence-corrected chi connectivity index (χ0v) is 49.6. The summed E-state index contributed by atoms with van der Waals surface area (Å²) in [5.74, 6) is -3.04. The summed E-state index contributed by atoms with van der Waals surface area (Å²) in [5.41, 5.74) is 13.5. The molecule has 1 heterocycles. The van der Waals surface area contributed by atoms with Crippen molar-refractivity contribution in [2.45, 2.75) is 142 Å². The maximum Gasteiger partial charge on any atom is 0.312 e. The first kappa shape index (κ1) is 67.5. The summed E-state index contributed by atoms with van der Waals surface area (Å²) in [6, 6.07) is 13.6. The predicted molar refractivity (Wildman–Crippen MR) is 307 cm³/mol. The van der Waals surface area contributed by atoms with E-state index in [1.165, 1.54) is 24.3 Å². The van der Waals surface area contributed by atoms with Crippen molar-refractivity contribution in [3.8, 4) is 0 Å². The smallest absolute Gasteiger partial charge is 0.312 e. The Bertz CT molecular complexity index is 2450. The van der Waals surface area contributed by atoms with Gasteiger partial charge in [-0.2, -0.15) is 0 Å². The van der Waals surface area contributed by atoms with Crippen molar-refractivity contribution in [2.24, 2.45) is 40.6 Å². The van der Waals surface area contributed by atoms with Gasteiger partial charge in [0.05, 0.1) is 44.5 Å². The Morgan fingerprint density at radius 3 is 1.89 bits per heavy atom. The molecule has 0 aliphatic carbocycles. The highest BCUT2D eigenvalue weighted by atomic mass is 32.2. The van der Waals surface area contributed by atoms with Gasteiger partial charge in [-0.05, 0) is 99.7 Å². The van der Waals surface area contributed by atoms with Gasteiger partial charge in [0.15, 0.2) is 0 Å². The lowest BCUT2D eigenvalue weighted by molar-refractivity contribution is -0.140. The van der Waals surface area contributed by atoms with E-state index in [9.17, 15) is 37.2 Å². The molecule has 3 rings (SSSR count). The summed E-state index contributed by atoms with van der Waals surface area (Å²) in [4.78, 5) is 76.5. The number of benzene rings is 2. The molecule has 1 aliphatic heterocycles. The number of sulfonamides is 1. The van der Waals surface area contributed by atoms with Crippen molar-refractivity contribution in [3.05, 3.63) is 84.0 Å². The topological polar surface area (TPSA) is 304 Å². The van der Waals surface area contributed by atoms with Crippen LogP contribution in [0.1, 0.15) is 101 Å². The van der Waals surface area contributed by atoms with E-state index < -0.39 is 46.0 Å². The largest absolute Gasteiger partial charge is 0.379 e. The maximum absolute atomic E-state index is 13.8. The standard InChI is InChI=1S/C57H92N10O11S/c1-36(2)43(51(60-12)48(56(7,8)9)49(58)52(61-13)57(10,11)40-19-15-14-16-20-40)34-38(5)53(71)66-79(74,75)42-23-21-41(22-24-42)64-44(67-46(69)25-26-47(67)70)35-78-33-32-77-31-30-76-29-27-45(68)65-50(37(3)4)54(72)63-39(6)18-17-28-62-55(59)73/h14-16,19-26,34,36-37,39,43-44,48-52,60-61,64H,17-18,27-33,35,58H2,1-13H3,(H,63,72)(H,65,68)(H,66,71)(H3,59,62,73)/b38-34+/t39-,43+,44?,48-,49?,50-,51?,52+/m0/s1. The summed E-state index contributed by atoms with van der Waals surface area (Å²) in [6.07, 6.45) is 4.41. The van der Waals surface area contributed by atoms with E-state index >= 15 is 0 Å². The lowest BCUT2D eigenvalue weighted by Gasteiger charge is -2.50. The quantitative estimate of drug-likeness (QED) is 0.0267. The van der Waals surface area contributed by atoms with E-state index in [-0.39, 0.29) is 127 Å². The van der Waals surface area contributed by atoms with Crippen LogP contribution in [0.3, 0.4) is 0 Å². The van der Waals surface area contributed by atoms with Gasteiger partial charge in [0.25, 0.3) is 27.7 Å². The van der Waals surface area contributed by atoms with Crippen LogP contribution in [0.4, 0.5) is 10.5 Å². The molecule has 0 bridgehead atoms. The lowest BCUT2D eigenvalue weighted by atomic mass is 9.62. The highest BCUT2D eigenvalue weighted by molar-refractivity contribution is 7.90. The summed E-state index contributed by atoms with van der Waals surface area (Å²) < 4.78 is 46.6. The number of primary amides is 1. The van der Waals surface area contributed by atoms with Gasteiger partial charge in [-0.1, -0.05) is 98.7 Å². The number of hydrogen-bond donors (Lipinski definition) is 9. The third-order valence-corrected chi connectivity index (χ3v) is 15.6. The molecule has 0 aromatic heterocycles. The number of likely N-dealkylation sites (N-methyl/N-ethyl adjacent to an activating group) is 1. The number of rotatable bonds is 35. The van der Waals surface area contributed by atoms with Gasteiger partial charge < -0.3 is 57.6 Å². The van der Waals surface area contributed by atoms with E-state index in [4.69, 9.17) is 25.7 Å². The van der Waals surface area contributed by atoms with Crippen molar-refractivity contribution < 1.29 is 51.4 Å². The first-order valence-corrected chi connectivity index (χ1v) is 28.7. The molecule has 7 amide bonds. The first-order chi connectivity index (χ1) is 37.1. The molecule has 0 spiro atoms. The average Bonchev–Trinajstić information content (AvgIpc) is 3.71. The predicted octanol–water partition coefficient (Wildman–Crippen LogP) is 4.05. The number of nitrogens with one attached hydrogen (secondary N) is 7. The maximum atomic E-state index is 13.8. The second-order valence-corrected chi connectivity index (χ2v) is 24.2. The SMILES string of the molecule is CNC([C@H](/C=C(\C)C(=O)NS(=O)(=O)c1ccc(NC(COCCOCCOCCC(=O)N[C@H](C(=O)N[C@@H](C)CCCNC(N)=O)C(C)C)N2C(=O)C=CC2=O)cc1)C(C)C)[C@H](C(N)[C@@H](NC)C(C)(C)c1ccccc1)C(C)(C)C. The molecule has 1 aliphatic rings. The minimum absolute atomic E-state index is 0.0252. The van der Waals surface area contributed by atoms with Gasteiger partial charge in [-0.25, -0.2) is 17.9 Å². The van der Waals surface area contributed by atoms with Crippen LogP contribution < -0.4 is 48.1 Å². The Morgan fingerprint density at radius 2 is 1.35 bits per heavy atom. The number of carbonyl (C=O) groups is 6. The number of carbonyl (C=O) groups excluding carboxylic acids is 6. The molecule has 22 heteroatoms. The number of nitrogens with zero attached hydrogens (tertiary/aromatic N) is 1. The molecule has 442 valence electrons. The molecular weight excluding hydrogens is 1030 g/mol. The summed E-state index contributed by atoms with van der Waals surface area (Å²) in [5, 5.41) is 18.4. The van der Waals surface area contributed by atoms with Crippen LogP contribution in [0, 0.1) is 29.1 Å². The van der Waals surface area contributed by atoms with Gasteiger partial charge in [0.1, 0.15) is 12.2 Å². The van der Waals surface area contributed by atoms with Gasteiger partial charge in [0.2, 0.25) is 11.8 Å². The molecule has 3 unspecified atom stereocenters. The Balaban J connectivity index is 1.57. The van der Waals surface area contributed by atoms with E-state index in [1.807, 2.05) is 59.1 Å². The summed E-state index contributed by atoms with van der Waals surface area (Å²) in [7, 11) is -0.536. The first-order valence-electron chi connectivity index (χ1n) is 27.3. The van der Waals surface area contributed by atoms with Crippen LogP contribution in [0.5, 0.6) is 0 Å². The van der Waals surface area contributed by atoms with Crippen molar-refractivity contribution in [1.82, 2.24) is 36.2 Å². The minimum Gasteiger partial charge on any atom is -0.379 e. The molecule has 21 nitrogen and oxygen atoms in total. The second kappa shape index (κ2) is 31.9. The molecule has 11 N–H and O–H groups in total. The molecule has 79 heavy (non-hydrogen) atoms. The zero-order chi connectivity index (χ0) is 59.3. The van der Waals surface area contributed by atoms with Crippen LogP contribution >= 0.6 is 0 Å². The van der Waals surface area contributed by atoms with Crippen molar-refractivity contribution >= 4 is 51.3 Å². The zero-order valence-electron chi connectivity index (χ0n) is 48.8. The summed E-state index contributed by atoms with van der Waals surface area (Å²) >= 11 is 0. The number of anilines is 1. The molecular formula is C57H92N10O11S. The number of imide groups is 1. The molecule has 0 fully saturated rings. The van der Waals surface area contributed by atoms with E-state index in [2.05, 4.69) is 97.2 Å². The van der Waals surface area contributed by atoms with Crippen LogP contribution in [0.25, 0.3) is 0 Å². The van der Waals surface area contributed by atoms with Crippen molar-refractivity contribution in [2.75, 3.05) is 65.6 Å². The lowest BCUT2D eigenvalue weighted by Crippen LogP contribution is -2.64. The molecule has 0 saturated heterocycles. The number of nitrogens with two attached hydrogens (primary N) is 2. The number of hydrogen-bond acceptors (Lipinski definition) is 15. The third kappa shape index (κ3) is 21.0. The number of amides is 7. The van der Waals surface area contributed by atoms with Gasteiger partial charge in [-0.15, -0.1) is 0 Å².